The lowest BCUT2D eigenvalue weighted by molar-refractivity contribution is -0.159. The van der Waals surface area contributed by atoms with Gasteiger partial charge in [0.25, 0.3) is 0 Å². The molecule has 0 radical (unpaired) electrons. The number of benzene rings is 2. The Hall–Kier alpha value is -3.52. The van der Waals surface area contributed by atoms with Gasteiger partial charge in [-0.05, 0) is 36.2 Å². The zero-order valence-electron chi connectivity index (χ0n) is 17.6. The van der Waals surface area contributed by atoms with E-state index in [0.29, 0.717) is 17.9 Å². The van der Waals surface area contributed by atoms with Crippen LogP contribution in [0.5, 0.6) is 11.5 Å². The molecule has 3 aromatic rings. The van der Waals surface area contributed by atoms with Crippen LogP contribution < -0.4 is 9.47 Å². The largest absolute Gasteiger partial charge is 0.454 e. The molecule has 2 N–H and O–H groups in total. The summed E-state index contributed by atoms with van der Waals surface area (Å²) in [4.78, 5) is 33.5. The van der Waals surface area contributed by atoms with Crippen molar-refractivity contribution in [2.45, 2.75) is 31.5 Å². The van der Waals surface area contributed by atoms with Crippen molar-refractivity contribution in [1.29, 1.82) is 0 Å². The topological polar surface area (TPSA) is 95.1 Å². The normalized spacial score (nSPS) is 22.8. The van der Waals surface area contributed by atoms with Gasteiger partial charge in [0.15, 0.2) is 11.5 Å². The number of hydrogen-bond donors (Lipinski definition) is 2. The van der Waals surface area contributed by atoms with Crippen LogP contribution in [0.3, 0.4) is 0 Å². The Labute approximate surface area is 184 Å². The second-order valence-corrected chi connectivity index (χ2v) is 8.67. The van der Waals surface area contributed by atoms with E-state index in [4.69, 9.17) is 9.47 Å². The average Bonchev–Trinajstić information content (AvgIpc) is 3.39. The number of carbonyl (C=O) groups excluding carboxylic acids is 2. The zero-order valence-corrected chi connectivity index (χ0v) is 17.6. The standard InChI is InChI=1S/C24H23N3O5/c1-13(28)10-26-11-21(29)27-18(24(26)30)9-16-15-4-2-3-5-17(15)25-22(16)23(27)14-6-7-19-20(8-14)32-12-31-19/h2-8,13,18,23,25,28H,9-12H2,1H3/t13-,18?,23?/m1/s1. The van der Waals surface area contributed by atoms with Crippen LogP contribution in [0.25, 0.3) is 10.9 Å². The van der Waals surface area contributed by atoms with Crippen molar-refractivity contribution in [3.63, 3.8) is 0 Å². The molecule has 1 saturated heterocycles. The minimum Gasteiger partial charge on any atom is -0.454 e. The second-order valence-electron chi connectivity index (χ2n) is 8.67. The summed E-state index contributed by atoms with van der Waals surface area (Å²) in [6, 6.07) is 12.6. The van der Waals surface area contributed by atoms with E-state index in [1.165, 1.54) is 4.90 Å². The van der Waals surface area contributed by atoms with E-state index >= 15 is 0 Å². The predicted octanol–water partition coefficient (Wildman–Crippen LogP) is 1.96. The Morgan fingerprint density at radius 1 is 1.16 bits per heavy atom. The van der Waals surface area contributed by atoms with Crippen molar-refractivity contribution in [2.24, 2.45) is 0 Å². The van der Waals surface area contributed by atoms with E-state index in [-0.39, 0.29) is 31.7 Å². The van der Waals surface area contributed by atoms with E-state index in [1.807, 2.05) is 42.5 Å². The highest BCUT2D eigenvalue weighted by Gasteiger charge is 2.48. The Bertz CT molecular complexity index is 1250. The van der Waals surface area contributed by atoms with Crippen LogP contribution in [-0.4, -0.2) is 63.7 Å². The number of aliphatic hydroxyl groups is 1. The van der Waals surface area contributed by atoms with Gasteiger partial charge in [0, 0.05) is 29.6 Å². The molecule has 2 unspecified atom stereocenters. The molecule has 1 aromatic heterocycles. The number of β-amino-alcohol motifs (C(OH)–C–C–N with tert-alkyl or cyclic N) is 1. The lowest BCUT2D eigenvalue weighted by Crippen LogP contribution is -2.63. The lowest BCUT2D eigenvalue weighted by atomic mass is 9.86. The molecule has 0 aliphatic carbocycles. The molecule has 0 saturated carbocycles. The van der Waals surface area contributed by atoms with E-state index in [9.17, 15) is 14.7 Å². The highest BCUT2D eigenvalue weighted by Crippen LogP contribution is 2.44. The number of nitrogens with zero attached hydrogens (tertiary/aromatic N) is 2. The Kier molecular flexibility index (Phi) is 4.19. The predicted molar refractivity (Wildman–Crippen MR) is 115 cm³/mol. The van der Waals surface area contributed by atoms with Gasteiger partial charge in [-0.2, -0.15) is 0 Å². The fourth-order valence-electron chi connectivity index (χ4n) is 5.23. The summed E-state index contributed by atoms with van der Waals surface area (Å²) in [5.41, 5.74) is 3.80. The maximum Gasteiger partial charge on any atom is 0.246 e. The molecule has 3 atom stereocenters. The van der Waals surface area contributed by atoms with Crippen LogP contribution in [0.15, 0.2) is 42.5 Å². The number of aromatic nitrogens is 1. The monoisotopic (exact) mass is 433 g/mol. The number of rotatable bonds is 3. The van der Waals surface area contributed by atoms with Gasteiger partial charge in [-0.25, -0.2) is 0 Å². The molecular weight excluding hydrogens is 410 g/mol. The van der Waals surface area contributed by atoms with Crippen molar-refractivity contribution < 1.29 is 24.2 Å². The van der Waals surface area contributed by atoms with Crippen LogP contribution in [0, 0.1) is 0 Å². The molecule has 3 aliphatic heterocycles. The van der Waals surface area contributed by atoms with Gasteiger partial charge >= 0.3 is 0 Å². The van der Waals surface area contributed by atoms with E-state index in [2.05, 4.69) is 4.98 Å². The number of piperazine rings is 1. The fraction of sp³-hybridized carbons (Fsp3) is 0.333. The van der Waals surface area contributed by atoms with Crippen LogP contribution in [0.2, 0.25) is 0 Å². The van der Waals surface area contributed by atoms with E-state index in [0.717, 1.165) is 27.7 Å². The Morgan fingerprint density at radius 2 is 1.97 bits per heavy atom. The van der Waals surface area contributed by atoms with Crippen molar-refractivity contribution in [2.75, 3.05) is 19.9 Å². The molecule has 2 amide bonds. The lowest BCUT2D eigenvalue weighted by Gasteiger charge is -2.47. The summed E-state index contributed by atoms with van der Waals surface area (Å²) in [7, 11) is 0. The first-order valence-electron chi connectivity index (χ1n) is 10.8. The van der Waals surface area contributed by atoms with Gasteiger partial charge in [-0.3, -0.25) is 9.59 Å². The van der Waals surface area contributed by atoms with E-state index in [1.54, 1.807) is 11.8 Å². The number of carbonyl (C=O) groups is 2. The average molecular weight is 433 g/mol. The van der Waals surface area contributed by atoms with Crippen molar-refractivity contribution >= 4 is 22.7 Å². The molecule has 164 valence electrons. The first kappa shape index (κ1) is 19.2. The molecule has 0 spiro atoms. The van der Waals surface area contributed by atoms with Gasteiger partial charge < -0.3 is 29.4 Å². The molecule has 6 rings (SSSR count). The van der Waals surface area contributed by atoms with Crippen molar-refractivity contribution in [3.05, 3.63) is 59.3 Å². The fourth-order valence-corrected chi connectivity index (χ4v) is 5.23. The quantitative estimate of drug-likeness (QED) is 0.659. The summed E-state index contributed by atoms with van der Waals surface area (Å²) in [5, 5.41) is 10.9. The summed E-state index contributed by atoms with van der Waals surface area (Å²) in [6.45, 7) is 1.89. The maximum absolute atomic E-state index is 13.4. The summed E-state index contributed by atoms with van der Waals surface area (Å²) in [5.74, 6) is 1.03. The molecule has 8 heteroatoms. The summed E-state index contributed by atoms with van der Waals surface area (Å²) < 4.78 is 11.0. The molecule has 4 heterocycles. The van der Waals surface area contributed by atoms with Crippen LogP contribution in [0.4, 0.5) is 0 Å². The first-order chi connectivity index (χ1) is 15.5. The minimum absolute atomic E-state index is 0.0448. The third-order valence-corrected chi connectivity index (χ3v) is 6.54. The third kappa shape index (κ3) is 2.79. The number of aromatic amines is 1. The number of ether oxygens (including phenoxy) is 2. The van der Waals surface area contributed by atoms with Gasteiger partial charge in [-0.1, -0.05) is 24.3 Å². The highest BCUT2D eigenvalue weighted by molar-refractivity contribution is 5.97. The SMILES string of the molecule is C[C@@H](O)CN1CC(=O)N2C(Cc3c([nH]c4ccccc34)C2c2ccc3c(c2)OCO3)C1=O. The van der Waals surface area contributed by atoms with Crippen LogP contribution >= 0.6 is 0 Å². The molecule has 0 bridgehead atoms. The molecule has 3 aliphatic rings. The number of para-hydroxylation sites is 1. The molecule has 1 fully saturated rings. The summed E-state index contributed by atoms with van der Waals surface area (Å²) >= 11 is 0. The first-order valence-corrected chi connectivity index (χ1v) is 10.8. The van der Waals surface area contributed by atoms with Crippen molar-refractivity contribution in [1.82, 2.24) is 14.8 Å². The molecule has 2 aromatic carbocycles. The van der Waals surface area contributed by atoms with Crippen LogP contribution in [0.1, 0.15) is 29.8 Å². The van der Waals surface area contributed by atoms with Gasteiger partial charge in [-0.15, -0.1) is 0 Å². The zero-order chi connectivity index (χ0) is 22.0. The van der Waals surface area contributed by atoms with E-state index < -0.39 is 18.2 Å². The number of amides is 2. The van der Waals surface area contributed by atoms with Gasteiger partial charge in [0.2, 0.25) is 18.6 Å². The maximum atomic E-state index is 13.4. The number of nitrogens with one attached hydrogen (secondary N) is 1. The van der Waals surface area contributed by atoms with Crippen LogP contribution in [-0.2, 0) is 16.0 Å². The Morgan fingerprint density at radius 3 is 2.81 bits per heavy atom. The highest BCUT2D eigenvalue weighted by atomic mass is 16.7. The van der Waals surface area contributed by atoms with Gasteiger partial charge in [0.05, 0.1) is 18.7 Å². The number of H-pyrrole nitrogens is 1. The second kappa shape index (κ2) is 7.00. The third-order valence-electron chi connectivity index (χ3n) is 6.54. The summed E-state index contributed by atoms with van der Waals surface area (Å²) in [6.07, 6.45) is -0.267. The smallest absolute Gasteiger partial charge is 0.246 e. The number of fused-ring (bicyclic) bond motifs is 5. The Balaban J connectivity index is 1.52. The van der Waals surface area contributed by atoms with Gasteiger partial charge in [0.1, 0.15) is 6.04 Å². The number of hydrogen-bond acceptors (Lipinski definition) is 5. The molecular formula is C24H23N3O5. The number of aliphatic hydroxyl groups excluding tert-OH is 1. The molecule has 8 nitrogen and oxygen atoms in total. The molecule has 32 heavy (non-hydrogen) atoms. The van der Waals surface area contributed by atoms with Crippen molar-refractivity contribution in [3.8, 4) is 11.5 Å². The minimum atomic E-state index is -0.699.